The molecule has 13 heavy (non-hydrogen) atoms. The predicted octanol–water partition coefficient (Wildman–Crippen LogP) is 2.28. The molecule has 0 saturated heterocycles. The van der Waals surface area contributed by atoms with Crippen molar-refractivity contribution in [3.05, 3.63) is 29.3 Å². The molecule has 0 fully saturated rings. The number of oxime groups is 1. The fourth-order valence-electron chi connectivity index (χ4n) is 1.04. The van der Waals surface area contributed by atoms with E-state index in [0.717, 1.165) is 10.5 Å². The van der Waals surface area contributed by atoms with Gasteiger partial charge in [0.2, 0.25) is 0 Å². The van der Waals surface area contributed by atoms with Crippen molar-refractivity contribution in [2.24, 2.45) is 5.16 Å². The first-order chi connectivity index (χ1) is 6.40. The van der Waals surface area contributed by atoms with Gasteiger partial charge in [-0.2, -0.15) is 0 Å². The van der Waals surface area contributed by atoms with Gasteiger partial charge in [0.1, 0.15) is 18.3 Å². The summed E-state index contributed by atoms with van der Waals surface area (Å²) in [4.78, 5) is 8.92. The molecule has 66 valence electrons. The number of fused-ring (bicyclic) bond motifs is 1. The van der Waals surface area contributed by atoms with Gasteiger partial charge in [0, 0.05) is 0 Å². The number of rotatable bonds is 2. The molecule has 4 heteroatoms. The molecule has 0 aliphatic carbocycles. The fourth-order valence-corrected chi connectivity index (χ4v) is 1.87. The lowest BCUT2D eigenvalue weighted by molar-refractivity contribution is 0.215. The summed E-state index contributed by atoms with van der Waals surface area (Å²) < 4.78 is 1.17. The van der Waals surface area contributed by atoms with Crippen LogP contribution in [-0.2, 0) is 4.84 Å². The van der Waals surface area contributed by atoms with Gasteiger partial charge in [0.15, 0.2) is 0 Å². The van der Waals surface area contributed by atoms with Crippen LogP contribution in [0.4, 0.5) is 0 Å². The first-order valence-electron chi connectivity index (χ1n) is 3.82. The van der Waals surface area contributed by atoms with Crippen molar-refractivity contribution in [2.75, 3.05) is 7.11 Å². The maximum atomic E-state index is 4.58. The molecule has 2 rings (SSSR count). The Morgan fingerprint density at radius 1 is 1.46 bits per heavy atom. The minimum Gasteiger partial charge on any atom is -0.399 e. The number of aromatic nitrogens is 1. The summed E-state index contributed by atoms with van der Waals surface area (Å²) in [5.74, 6) is 0. The highest BCUT2D eigenvalue weighted by Crippen LogP contribution is 2.19. The zero-order chi connectivity index (χ0) is 9.10. The van der Waals surface area contributed by atoms with Gasteiger partial charge in [-0.1, -0.05) is 17.3 Å². The van der Waals surface area contributed by atoms with Crippen molar-refractivity contribution in [1.82, 2.24) is 4.98 Å². The molecule has 2 aromatic rings. The highest BCUT2D eigenvalue weighted by atomic mass is 32.1. The van der Waals surface area contributed by atoms with E-state index in [1.165, 1.54) is 11.8 Å². The molecular weight excluding hydrogens is 184 g/mol. The van der Waals surface area contributed by atoms with Crippen molar-refractivity contribution < 1.29 is 4.84 Å². The smallest absolute Gasteiger partial charge is 0.139 e. The topological polar surface area (TPSA) is 34.5 Å². The molecule has 3 nitrogen and oxygen atoms in total. The Morgan fingerprint density at radius 2 is 2.31 bits per heavy atom. The predicted molar refractivity (Wildman–Crippen MR) is 54.2 cm³/mol. The van der Waals surface area contributed by atoms with E-state index in [1.807, 2.05) is 24.3 Å². The number of hydrogen-bond donors (Lipinski definition) is 0. The molecular formula is C9H8N2OS. The molecule has 0 atom stereocenters. The van der Waals surface area contributed by atoms with Crippen molar-refractivity contribution in [2.45, 2.75) is 0 Å². The number of thiazole rings is 1. The van der Waals surface area contributed by atoms with E-state index >= 15 is 0 Å². The highest BCUT2D eigenvalue weighted by Gasteiger charge is 1.99. The molecule has 0 aliphatic rings. The molecule has 1 aromatic carbocycles. The van der Waals surface area contributed by atoms with E-state index in [2.05, 4.69) is 15.0 Å². The number of para-hydroxylation sites is 1. The van der Waals surface area contributed by atoms with E-state index < -0.39 is 0 Å². The monoisotopic (exact) mass is 192 g/mol. The van der Waals surface area contributed by atoms with Crippen LogP contribution in [0.25, 0.3) is 10.2 Å². The molecule has 0 bridgehead atoms. The summed E-state index contributed by atoms with van der Waals surface area (Å²) >= 11 is 1.60. The van der Waals surface area contributed by atoms with Crippen LogP contribution in [0.3, 0.4) is 0 Å². The van der Waals surface area contributed by atoms with Gasteiger partial charge < -0.3 is 4.84 Å². The molecule has 1 heterocycles. The Balaban J connectivity index is 2.44. The second-order valence-corrected chi connectivity index (χ2v) is 3.50. The molecule has 0 amide bonds. The Hall–Kier alpha value is -1.42. The largest absolute Gasteiger partial charge is 0.399 e. The van der Waals surface area contributed by atoms with E-state index in [0.29, 0.717) is 0 Å². The molecule has 1 aromatic heterocycles. The van der Waals surface area contributed by atoms with Gasteiger partial charge in [-0.15, -0.1) is 11.3 Å². The maximum Gasteiger partial charge on any atom is 0.139 e. The molecule has 0 unspecified atom stereocenters. The Morgan fingerprint density at radius 3 is 3.08 bits per heavy atom. The third-order valence-electron chi connectivity index (χ3n) is 1.58. The normalized spacial score (nSPS) is 11.2. The lowest BCUT2D eigenvalue weighted by Gasteiger charge is -1.81. The lowest BCUT2D eigenvalue weighted by Crippen LogP contribution is -1.78. The summed E-state index contributed by atoms with van der Waals surface area (Å²) in [6, 6.07) is 7.99. The molecule has 0 radical (unpaired) electrons. The van der Waals surface area contributed by atoms with Crippen molar-refractivity contribution in [1.29, 1.82) is 0 Å². The van der Waals surface area contributed by atoms with Crippen LogP contribution in [0.15, 0.2) is 29.4 Å². The first kappa shape index (κ1) is 8.19. The summed E-state index contributed by atoms with van der Waals surface area (Å²) in [5, 5.41) is 4.52. The number of nitrogens with zero attached hydrogens (tertiary/aromatic N) is 2. The third kappa shape index (κ3) is 1.67. The van der Waals surface area contributed by atoms with Crippen LogP contribution < -0.4 is 0 Å². The van der Waals surface area contributed by atoms with E-state index in [1.54, 1.807) is 17.6 Å². The minimum absolute atomic E-state index is 0.864. The van der Waals surface area contributed by atoms with Crippen LogP contribution in [-0.4, -0.2) is 18.3 Å². The average Bonchev–Trinajstić information content (AvgIpc) is 2.57. The van der Waals surface area contributed by atoms with E-state index in [4.69, 9.17) is 0 Å². The zero-order valence-corrected chi connectivity index (χ0v) is 7.91. The Labute approximate surface area is 79.7 Å². The van der Waals surface area contributed by atoms with Crippen molar-refractivity contribution in [3.63, 3.8) is 0 Å². The van der Waals surface area contributed by atoms with E-state index in [9.17, 15) is 0 Å². The van der Waals surface area contributed by atoms with Crippen LogP contribution >= 0.6 is 11.3 Å². The van der Waals surface area contributed by atoms with Gasteiger partial charge >= 0.3 is 0 Å². The van der Waals surface area contributed by atoms with Gasteiger partial charge in [-0.05, 0) is 12.1 Å². The molecule has 0 N–H and O–H groups in total. The van der Waals surface area contributed by atoms with Crippen LogP contribution in [0.1, 0.15) is 5.01 Å². The van der Waals surface area contributed by atoms with Gasteiger partial charge in [0.25, 0.3) is 0 Å². The maximum absolute atomic E-state index is 4.58. The quantitative estimate of drug-likeness (QED) is 0.540. The standard InChI is InChI=1S/C9H8N2OS/c1-12-10-6-9-11-7-4-2-3-5-8(7)13-9/h2-6H,1H3/b10-6+. The Bertz CT molecular complexity index is 403. The summed E-state index contributed by atoms with van der Waals surface area (Å²) in [7, 11) is 1.52. The first-order valence-corrected chi connectivity index (χ1v) is 4.64. The minimum atomic E-state index is 0.864. The lowest BCUT2D eigenvalue weighted by atomic mass is 10.3. The third-order valence-corrected chi connectivity index (χ3v) is 2.55. The van der Waals surface area contributed by atoms with Crippen LogP contribution in [0.5, 0.6) is 0 Å². The SMILES string of the molecule is CO/N=C/c1nc2ccccc2s1. The Kier molecular flexibility index (Phi) is 2.23. The second kappa shape index (κ2) is 3.53. The molecule has 0 aliphatic heterocycles. The average molecular weight is 192 g/mol. The van der Waals surface area contributed by atoms with Crippen LogP contribution in [0, 0.1) is 0 Å². The summed E-state index contributed by atoms with van der Waals surface area (Å²) in [5.41, 5.74) is 1.00. The zero-order valence-electron chi connectivity index (χ0n) is 7.10. The molecule has 0 spiro atoms. The van der Waals surface area contributed by atoms with Gasteiger partial charge in [0.05, 0.1) is 10.2 Å². The fraction of sp³-hybridized carbons (Fsp3) is 0.111. The van der Waals surface area contributed by atoms with Crippen LogP contribution in [0.2, 0.25) is 0 Å². The summed E-state index contributed by atoms with van der Waals surface area (Å²) in [6.45, 7) is 0. The van der Waals surface area contributed by atoms with Crippen molar-refractivity contribution >= 4 is 27.8 Å². The summed E-state index contributed by atoms with van der Waals surface area (Å²) in [6.07, 6.45) is 1.62. The van der Waals surface area contributed by atoms with Crippen molar-refractivity contribution in [3.8, 4) is 0 Å². The highest BCUT2D eigenvalue weighted by molar-refractivity contribution is 7.20. The van der Waals surface area contributed by atoms with Gasteiger partial charge in [-0.3, -0.25) is 0 Å². The number of hydrogen-bond acceptors (Lipinski definition) is 4. The van der Waals surface area contributed by atoms with E-state index in [-0.39, 0.29) is 0 Å². The second-order valence-electron chi connectivity index (χ2n) is 2.44. The molecule has 0 saturated carbocycles. The number of benzene rings is 1. The van der Waals surface area contributed by atoms with Gasteiger partial charge in [-0.25, -0.2) is 4.98 Å².